The van der Waals surface area contributed by atoms with Crippen LogP contribution in [0.5, 0.6) is 5.75 Å². The molecule has 2 aromatic carbocycles. The van der Waals surface area contributed by atoms with Gasteiger partial charge < -0.3 is 15.8 Å². The van der Waals surface area contributed by atoms with Crippen LogP contribution in [0.25, 0.3) is 11.4 Å². The number of aromatic nitrogens is 3. The molecule has 0 fully saturated rings. The average Bonchev–Trinajstić information content (AvgIpc) is 3.18. The Morgan fingerprint density at radius 3 is 2.43 bits per heavy atom. The van der Waals surface area contributed by atoms with Crippen LogP contribution in [-0.4, -0.2) is 28.2 Å². The summed E-state index contributed by atoms with van der Waals surface area (Å²) in [5.74, 6) is 2.10. The van der Waals surface area contributed by atoms with E-state index in [2.05, 4.69) is 20.5 Å². The molecule has 7 nitrogen and oxygen atoms in total. The third-order valence-corrected chi connectivity index (χ3v) is 4.33. The van der Waals surface area contributed by atoms with Crippen molar-refractivity contribution >= 4 is 24.0 Å². The van der Waals surface area contributed by atoms with Gasteiger partial charge in [-0.3, -0.25) is 9.89 Å². The standard InChI is InChI=1S/C20H23N5O2.ClH/c1-13(14-5-9-17(27-2)10-6-14)11-19(26)22-16-7-3-15(4-8-16)20-23-18(12-21)24-25-20;/h3-10,13H,11-12,21H2,1-2H3,(H,22,26)(H,23,24,25);1H. The number of nitrogens with one attached hydrogen (secondary N) is 2. The van der Waals surface area contributed by atoms with Crippen molar-refractivity contribution in [1.82, 2.24) is 15.2 Å². The van der Waals surface area contributed by atoms with Gasteiger partial charge in [-0.15, -0.1) is 12.4 Å². The summed E-state index contributed by atoms with van der Waals surface area (Å²) in [5, 5.41) is 9.83. The zero-order chi connectivity index (χ0) is 19.2. The van der Waals surface area contributed by atoms with Gasteiger partial charge in [0.05, 0.1) is 13.7 Å². The van der Waals surface area contributed by atoms with Gasteiger partial charge in [-0.25, -0.2) is 4.98 Å². The van der Waals surface area contributed by atoms with Crippen molar-refractivity contribution in [2.24, 2.45) is 5.73 Å². The fraction of sp³-hybridized carbons (Fsp3) is 0.250. The van der Waals surface area contributed by atoms with Crippen molar-refractivity contribution in [1.29, 1.82) is 0 Å². The molecular weight excluding hydrogens is 378 g/mol. The van der Waals surface area contributed by atoms with Crippen LogP contribution in [0.3, 0.4) is 0 Å². The molecule has 1 atom stereocenters. The van der Waals surface area contributed by atoms with Gasteiger partial charge in [0.15, 0.2) is 5.82 Å². The van der Waals surface area contributed by atoms with E-state index in [4.69, 9.17) is 10.5 Å². The average molecular weight is 402 g/mol. The zero-order valence-corrected chi connectivity index (χ0v) is 16.6. The molecule has 1 unspecified atom stereocenters. The first-order valence-corrected chi connectivity index (χ1v) is 8.74. The second-order valence-electron chi connectivity index (χ2n) is 6.31. The highest BCUT2D eigenvalue weighted by Crippen LogP contribution is 2.23. The van der Waals surface area contributed by atoms with E-state index in [1.165, 1.54) is 0 Å². The normalized spacial score (nSPS) is 11.4. The third kappa shape index (κ3) is 5.31. The van der Waals surface area contributed by atoms with E-state index in [9.17, 15) is 4.79 Å². The Kier molecular flexibility index (Phi) is 7.54. The number of hydrogen-bond donors (Lipinski definition) is 3. The second-order valence-corrected chi connectivity index (χ2v) is 6.31. The van der Waals surface area contributed by atoms with E-state index in [1.807, 2.05) is 55.5 Å². The van der Waals surface area contributed by atoms with Crippen molar-refractivity contribution in [3.8, 4) is 17.1 Å². The lowest BCUT2D eigenvalue weighted by Crippen LogP contribution is -2.14. The van der Waals surface area contributed by atoms with Gasteiger partial charge in [-0.1, -0.05) is 19.1 Å². The maximum atomic E-state index is 12.3. The minimum Gasteiger partial charge on any atom is -0.497 e. The van der Waals surface area contributed by atoms with E-state index < -0.39 is 0 Å². The Hall–Kier alpha value is -2.90. The lowest BCUT2D eigenvalue weighted by atomic mass is 9.97. The molecule has 4 N–H and O–H groups in total. The molecule has 0 aliphatic heterocycles. The largest absolute Gasteiger partial charge is 0.497 e. The lowest BCUT2D eigenvalue weighted by Gasteiger charge is -2.13. The molecule has 1 amide bonds. The molecular formula is C20H24ClN5O2. The van der Waals surface area contributed by atoms with Crippen LogP contribution in [0.2, 0.25) is 0 Å². The van der Waals surface area contributed by atoms with Crippen molar-refractivity contribution < 1.29 is 9.53 Å². The molecule has 0 aliphatic rings. The van der Waals surface area contributed by atoms with Crippen molar-refractivity contribution in [3.05, 3.63) is 59.9 Å². The van der Waals surface area contributed by atoms with E-state index >= 15 is 0 Å². The third-order valence-electron chi connectivity index (χ3n) is 4.33. The van der Waals surface area contributed by atoms with Crippen molar-refractivity contribution in [3.63, 3.8) is 0 Å². The van der Waals surface area contributed by atoms with Gasteiger partial charge in [0.1, 0.15) is 11.6 Å². The van der Waals surface area contributed by atoms with Gasteiger partial charge in [0, 0.05) is 17.7 Å². The van der Waals surface area contributed by atoms with E-state index in [1.54, 1.807) is 7.11 Å². The molecule has 0 saturated carbocycles. The van der Waals surface area contributed by atoms with E-state index in [-0.39, 0.29) is 24.2 Å². The molecule has 0 saturated heterocycles. The Morgan fingerprint density at radius 1 is 1.18 bits per heavy atom. The number of nitrogens with two attached hydrogens (primary N) is 1. The molecule has 148 valence electrons. The number of aromatic amines is 1. The minimum atomic E-state index is -0.0330. The first kappa shape index (κ1) is 21.4. The number of carbonyl (C=O) groups is 1. The SMILES string of the molecule is COc1ccc(C(C)CC(=O)Nc2ccc(-c3n[nH]c(CN)n3)cc2)cc1.Cl. The highest BCUT2D eigenvalue weighted by molar-refractivity contribution is 5.91. The van der Waals surface area contributed by atoms with E-state index in [0.717, 1.165) is 22.6 Å². The molecule has 0 radical (unpaired) electrons. The number of benzene rings is 2. The Labute approximate surface area is 170 Å². The van der Waals surface area contributed by atoms with Crippen LogP contribution < -0.4 is 15.8 Å². The topological polar surface area (TPSA) is 106 Å². The quantitative estimate of drug-likeness (QED) is 0.561. The number of methoxy groups -OCH3 is 1. The number of hydrogen-bond acceptors (Lipinski definition) is 5. The van der Waals surface area contributed by atoms with Crippen LogP contribution >= 0.6 is 12.4 Å². The first-order chi connectivity index (χ1) is 13.1. The number of carbonyl (C=O) groups excluding carboxylic acids is 1. The number of amides is 1. The Balaban J connectivity index is 0.00000280. The predicted molar refractivity (Wildman–Crippen MR) is 112 cm³/mol. The number of H-pyrrole nitrogens is 1. The van der Waals surface area contributed by atoms with Gasteiger partial charge in [-0.2, -0.15) is 5.10 Å². The Morgan fingerprint density at radius 2 is 1.86 bits per heavy atom. The molecule has 0 bridgehead atoms. The summed E-state index contributed by atoms with van der Waals surface area (Å²) >= 11 is 0. The van der Waals surface area contributed by atoms with Crippen LogP contribution in [0.1, 0.15) is 30.7 Å². The second kappa shape index (κ2) is 9.87. The lowest BCUT2D eigenvalue weighted by molar-refractivity contribution is -0.116. The number of anilines is 1. The summed E-state index contributed by atoms with van der Waals surface area (Å²) in [6, 6.07) is 15.2. The van der Waals surface area contributed by atoms with Crippen LogP contribution in [0.15, 0.2) is 48.5 Å². The maximum absolute atomic E-state index is 12.3. The van der Waals surface area contributed by atoms with E-state index in [0.29, 0.717) is 24.6 Å². The van der Waals surface area contributed by atoms with Crippen LogP contribution in [-0.2, 0) is 11.3 Å². The fourth-order valence-electron chi connectivity index (χ4n) is 2.76. The molecule has 1 aromatic heterocycles. The minimum absolute atomic E-state index is 0. The van der Waals surface area contributed by atoms with Crippen molar-refractivity contribution in [2.45, 2.75) is 25.8 Å². The summed E-state index contributed by atoms with van der Waals surface area (Å²) in [5.41, 5.74) is 8.22. The summed E-state index contributed by atoms with van der Waals surface area (Å²) in [6.45, 7) is 2.34. The van der Waals surface area contributed by atoms with Crippen molar-refractivity contribution in [2.75, 3.05) is 12.4 Å². The summed E-state index contributed by atoms with van der Waals surface area (Å²) in [7, 11) is 1.64. The number of nitrogens with zero attached hydrogens (tertiary/aromatic N) is 2. The number of halogens is 1. The zero-order valence-electron chi connectivity index (χ0n) is 15.8. The molecule has 0 spiro atoms. The maximum Gasteiger partial charge on any atom is 0.224 e. The van der Waals surface area contributed by atoms with Gasteiger partial charge in [-0.05, 0) is 47.9 Å². The van der Waals surface area contributed by atoms with Crippen LogP contribution in [0, 0.1) is 0 Å². The van der Waals surface area contributed by atoms with Gasteiger partial charge in [0.25, 0.3) is 0 Å². The highest BCUT2D eigenvalue weighted by atomic mass is 35.5. The van der Waals surface area contributed by atoms with Crippen LogP contribution in [0.4, 0.5) is 5.69 Å². The van der Waals surface area contributed by atoms with Gasteiger partial charge in [0.2, 0.25) is 5.91 Å². The smallest absolute Gasteiger partial charge is 0.224 e. The highest BCUT2D eigenvalue weighted by Gasteiger charge is 2.12. The Bertz CT molecular complexity index is 894. The molecule has 28 heavy (non-hydrogen) atoms. The summed E-state index contributed by atoms with van der Waals surface area (Å²) in [4.78, 5) is 16.6. The monoisotopic (exact) mass is 401 g/mol. The molecule has 3 rings (SSSR count). The first-order valence-electron chi connectivity index (χ1n) is 8.74. The predicted octanol–water partition coefficient (Wildman–Crippen LogP) is 3.49. The number of rotatable bonds is 7. The van der Waals surface area contributed by atoms with Gasteiger partial charge >= 0.3 is 0 Å². The molecule has 1 heterocycles. The summed E-state index contributed by atoms with van der Waals surface area (Å²) in [6.07, 6.45) is 0.398. The number of ether oxygens (including phenoxy) is 1. The molecule has 8 heteroatoms. The summed E-state index contributed by atoms with van der Waals surface area (Å²) < 4.78 is 5.16. The fourth-order valence-corrected chi connectivity index (χ4v) is 2.76. The molecule has 0 aliphatic carbocycles. The molecule has 3 aromatic rings.